The van der Waals surface area contributed by atoms with E-state index in [1.54, 1.807) is 6.92 Å². The molecule has 3 rings (SSSR count). The van der Waals surface area contributed by atoms with Gasteiger partial charge in [0.15, 0.2) is 17.7 Å². The molecule has 2 aromatic rings. The van der Waals surface area contributed by atoms with Crippen LogP contribution < -0.4 is 0 Å². The first-order chi connectivity index (χ1) is 23.3. The van der Waals surface area contributed by atoms with E-state index in [2.05, 4.69) is 44.6 Å². The molecule has 7 unspecified atom stereocenters. The maximum absolute atomic E-state index is 12.7. The molecule has 2 aromatic heterocycles. The highest BCUT2D eigenvalue weighted by Crippen LogP contribution is 2.61. The minimum absolute atomic E-state index is 0.00422. The van der Waals surface area contributed by atoms with E-state index in [4.69, 9.17) is 13.8 Å². The molecule has 0 radical (unpaired) electrons. The molecule has 23 heteroatoms. The van der Waals surface area contributed by atoms with Crippen LogP contribution in [0, 0.1) is 17.8 Å². The monoisotopic (exact) mass is 788 g/mol. The van der Waals surface area contributed by atoms with Gasteiger partial charge < -0.3 is 34.5 Å². The average molecular weight is 789 g/mol. The summed E-state index contributed by atoms with van der Waals surface area (Å²) < 4.78 is 62.3. The zero-order valence-electron chi connectivity index (χ0n) is 29.1. The number of fused-ring (bicyclic) bond motifs is 1. The molecule has 20 nitrogen and oxygen atoms in total. The van der Waals surface area contributed by atoms with Gasteiger partial charge in [0.05, 0.1) is 25.2 Å². The molecule has 0 aliphatic carbocycles. The minimum atomic E-state index is -5.51. The van der Waals surface area contributed by atoms with Gasteiger partial charge in [0.2, 0.25) is 0 Å². The Labute approximate surface area is 294 Å². The first-order valence-corrected chi connectivity index (χ1v) is 20.4. The maximum atomic E-state index is 12.7. The van der Waals surface area contributed by atoms with Crippen LogP contribution >= 0.6 is 23.5 Å². The predicted octanol–water partition coefficient (Wildman–Crippen LogP) is 3.03. The van der Waals surface area contributed by atoms with Crippen LogP contribution in [0.25, 0.3) is 11.2 Å². The van der Waals surface area contributed by atoms with Crippen molar-refractivity contribution < 1.29 is 75.7 Å². The van der Waals surface area contributed by atoms with Crippen LogP contribution in [0.4, 0.5) is 0 Å². The quantitative estimate of drug-likeness (QED) is 0.105. The molecule has 290 valence electrons. The van der Waals surface area contributed by atoms with Crippen molar-refractivity contribution in [3.8, 4) is 0 Å². The maximum Gasteiger partial charge on any atom is 0.481 e. The number of hydrogen-bond acceptors (Lipinski definition) is 15. The Hall–Kier alpha value is -1.86. The molecule has 1 fully saturated rings. The summed E-state index contributed by atoms with van der Waals surface area (Å²) in [6, 6.07) is 0. The van der Waals surface area contributed by atoms with Crippen LogP contribution in [0.1, 0.15) is 85.1 Å². The van der Waals surface area contributed by atoms with Crippen LogP contribution in [0.5, 0.6) is 0 Å². The summed E-state index contributed by atoms with van der Waals surface area (Å²) in [5.41, 5.74) is -0.433. The lowest BCUT2D eigenvalue weighted by molar-refractivity contribution is -0.134. The molecule has 0 amide bonds. The zero-order chi connectivity index (χ0) is 38.6. The van der Waals surface area contributed by atoms with Crippen molar-refractivity contribution in [2.24, 2.45) is 10.8 Å². The summed E-state index contributed by atoms with van der Waals surface area (Å²) in [7, 11) is -16.2. The van der Waals surface area contributed by atoms with Gasteiger partial charge in [0.1, 0.15) is 42.0 Å². The summed E-state index contributed by atoms with van der Waals surface area (Å²) in [6.45, 7) is 8.65. The molecule has 1 saturated heterocycles. The number of ketones is 2. The number of aliphatic hydroxyl groups excluding tert-OH is 2. The molecular formula is C28H47N4O16P3. The molecule has 0 spiro atoms. The Balaban J connectivity index is 1.56. The average Bonchev–Trinajstić information content (AvgIpc) is 3.54. The number of rotatable bonds is 20. The fraction of sp³-hybridized carbons (Fsp3) is 0.750. The second kappa shape index (κ2) is 17.1. The van der Waals surface area contributed by atoms with Gasteiger partial charge in [0.25, 0.3) is 0 Å². The number of aryl methyl sites for hydroxylation is 1. The number of nitrogens with zero attached hydrogens (tertiary/aromatic N) is 4. The first-order valence-electron chi connectivity index (χ1n) is 15.9. The standard InChI is InChI=1S/C28H47N4O16P3/c1-17-21-25(30-15-29-17)32(16-31-21)26-22(35)23(47-49(37,38)39)20(46-26)13-44-50(40,41)48-51(42,43)45-14-28(5,6)24(36)19(34)11-7-9-18(33)10-8-12-27(2,3)4/h15-16,20,22-24,26,35-36H,7-14H2,1-6H3,(H,40,41)(H,42,43)(H2,37,38,39). The lowest BCUT2D eigenvalue weighted by Gasteiger charge is -2.30. The molecule has 1 aliphatic rings. The van der Waals surface area contributed by atoms with Crippen molar-refractivity contribution in [1.29, 1.82) is 0 Å². The van der Waals surface area contributed by atoms with E-state index >= 15 is 0 Å². The smallest absolute Gasteiger partial charge is 0.386 e. The number of phosphoric ester groups is 3. The van der Waals surface area contributed by atoms with Gasteiger partial charge in [-0.05, 0) is 31.6 Å². The molecule has 7 atom stereocenters. The summed E-state index contributed by atoms with van der Waals surface area (Å²) in [4.78, 5) is 76.1. The van der Waals surface area contributed by atoms with Gasteiger partial charge in [0, 0.05) is 24.7 Å². The number of carbonyl (C=O) groups is 2. The van der Waals surface area contributed by atoms with Crippen LogP contribution in [-0.4, -0.2) is 98.5 Å². The normalized spacial score (nSPS) is 23.2. The van der Waals surface area contributed by atoms with E-state index in [1.165, 1.54) is 31.1 Å². The first kappa shape index (κ1) is 43.5. The summed E-state index contributed by atoms with van der Waals surface area (Å²) in [5, 5.41) is 21.5. The molecule has 0 saturated carbocycles. The molecular weight excluding hydrogens is 741 g/mol. The number of aliphatic hydroxyl groups is 2. The Kier molecular flexibility index (Phi) is 14.6. The number of phosphoric acid groups is 3. The highest BCUT2D eigenvalue weighted by atomic mass is 31.3. The lowest BCUT2D eigenvalue weighted by Crippen LogP contribution is -2.39. The Morgan fingerprint density at radius 1 is 0.961 bits per heavy atom. The minimum Gasteiger partial charge on any atom is -0.386 e. The third kappa shape index (κ3) is 13.2. The molecule has 6 N–H and O–H groups in total. The van der Waals surface area contributed by atoms with Gasteiger partial charge >= 0.3 is 23.5 Å². The van der Waals surface area contributed by atoms with E-state index in [9.17, 15) is 53.1 Å². The number of carbonyl (C=O) groups excluding carboxylic acids is 2. The third-order valence-electron chi connectivity index (χ3n) is 7.90. The third-order valence-corrected chi connectivity index (χ3v) is 11.0. The van der Waals surface area contributed by atoms with Gasteiger partial charge in [-0.15, -0.1) is 0 Å². The Morgan fingerprint density at radius 2 is 1.59 bits per heavy atom. The van der Waals surface area contributed by atoms with Gasteiger partial charge in [-0.2, -0.15) is 4.31 Å². The van der Waals surface area contributed by atoms with Gasteiger partial charge in [-0.3, -0.25) is 27.7 Å². The zero-order valence-corrected chi connectivity index (χ0v) is 31.8. The van der Waals surface area contributed by atoms with Crippen molar-refractivity contribution in [3.63, 3.8) is 0 Å². The van der Waals surface area contributed by atoms with Crippen LogP contribution in [0.2, 0.25) is 0 Å². The largest absolute Gasteiger partial charge is 0.481 e. The molecule has 3 heterocycles. The second-order valence-corrected chi connectivity index (χ2v) is 18.4. The highest BCUT2D eigenvalue weighted by molar-refractivity contribution is 7.61. The Bertz CT molecular complexity index is 1670. The van der Waals surface area contributed by atoms with E-state index < -0.39 is 78.5 Å². The fourth-order valence-corrected chi connectivity index (χ4v) is 8.00. The molecule has 51 heavy (non-hydrogen) atoms. The number of hydrogen-bond donors (Lipinski definition) is 6. The van der Waals surface area contributed by atoms with Crippen molar-refractivity contribution in [1.82, 2.24) is 19.5 Å². The Morgan fingerprint density at radius 3 is 2.22 bits per heavy atom. The molecule has 0 bridgehead atoms. The summed E-state index contributed by atoms with van der Waals surface area (Å²) >= 11 is 0. The number of imidazole rings is 1. The van der Waals surface area contributed by atoms with E-state index in [-0.39, 0.29) is 36.1 Å². The van der Waals surface area contributed by atoms with Crippen molar-refractivity contribution in [2.45, 2.75) is 111 Å². The van der Waals surface area contributed by atoms with Crippen molar-refractivity contribution in [3.05, 3.63) is 18.3 Å². The second-order valence-electron chi connectivity index (χ2n) is 14.2. The summed E-state index contributed by atoms with van der Waals surface area (Å²) in [6.07, 6.45) is -3.89. The van der Waals surface area contributed by atoms with Crippen LogP contribution in [-0.2, 0) is 45.9 Å². The van der Waals surface area contributed by atoms with Crippen molar-refractivity contribution >= 4 is 46.2 Å². The topological polar surface area (TPSA) is 296 Å². The molecule has 1 aliphatic heterocycles. The van der Waals surface area contributed by atoms with Crippen molar-refractivity contribution in [2.75, 3.05) is 13.2 Å². The summed E-state index contributed by atoms with van der Waals surface area (Å²) in [5.74, 6) is -0.651. The SMILES string of the molecule is Cc1ncnc2c1ncn2C1OC(COP(=O)(O)OP(=O)(O)OCC(C)(C)C(O)C(=O)CCCC(=O)CCCC(C)(C)C)C(OP(=O)(O)O)C1O. The number of Topliss-reactive ketones (excluding diaryl/α,β-unsaturated/α-hetero) is 2. The highest BCUT2D eigenvalue weighted by Gasteiger charge is 2.50. The van der Waals surface area contributed by atoms with E-state index in [0.717, 1.165) is 12.8 Å². The molecule has 0 aromatic carbocycles. The number of ether oxygens (including phenoxy) is 1. The lowest BCUT2D eigenvalue weighted by atomic mass is 9.84. The number of aromatic nitrogens is 4. The van der Waals surface area contributed by atoms with Crippen LogP contribution in [0.15, 0.2) is 12.7 Å². The van der Waals surface area contributed by atoms with Crippen LogP contribution in [0.3, 0.4) is 0 Å². The van der Waals surface area contributed by atoms with Gasteiger partial charge in [-0.1, -0.05) is 34.6 Å². The van der Waals surface area contributed by atoms with E-state index in [0.29, 0.717) is 17.6 Å². The fourth-order valence-electron chi connectivity index (χ4n) is 5.17. The van der Waals surface area contributed by atoms with E-state index in [1.807, 2.05) is 0 Å². The predicted molar refractivity (Wildman–Crippen MR) is 176 cm³/mol. The van der Waals surface area contributed by atoms with Gasteiger partial charge in [-0.25, -0.2) is 28.6 Å².